The van der Waals surface area contributed by atoms with Crippen LogP contribution < -0.4 is 5.32 Å². The number of nitrogens with one attached hydrogen (secondary N) is 1. The van der Waals surface area contributed by atoms with Crippen molar-refractivity contribution in [2.75, 3.05) is 11.9 Å². The summed E-state index contributed by atoms with van der Waals surface area (Å²) in [6.07, 6.45) is 8.79. The van der Waals surface area contributed by atoms with Gasteiger partial charge in [0.2, 0.25) is 0 Å². The van der Waals surface area contributed by atoms with Crippen molar-refractivity contribution >= 4 is 5.82 Å². The molecular weight excluding hydrogens is 274 g/mol. The fourth-order valence-electron chi connectivity index (χ4n) is 2.00. The van der Waals surface area contributed by atoms with Crippen molar-refractivity contribution in [2.24, 2.45) is 0 Å². The molecule has 3 rings (SSSR count). The second-order valence-corrected chi connectivity index (χ2v) is 4.62. The molecule has 0 bridgehead atoms. The molecule has 0 amide bonds. The lowest BCUT2D eigenvalue weighted by molar-refractivity contribution is 1.14. The maximum atomic E-state index is 4.63. The smallest absolute Gasteiger partial charge is 0.163 e. The number of hydrogen-bond donors (Lipinski definition) is 1. The topological polar surface area (TPSA) is 63.6 Å². The molecule has 108 valence electrons. The maximum absolute atomic E-state index is 4.63. The zero-order chi connectivity index (χ0) is 15.2. The fraction of sp³-hybridized carbons (Fsp3) is 0.0588. The molecule has 3 aromatic heterocycles. The van der Waals surface area contributed by atoms with E-state index in [0.29, 0.717) is 12.4 Å². The molecule has 3 heterocycles. The number of nitrogens with zero attached hydrogens (tertiary/aromatic N) is 4. The lowest BCUT2D eigenvalue weighted by atomic mass is 10.2. The van der Waals surface area contributed by atoms with Crippen LogP contribution in [0.1, 0.15) is 0 Å². The summed E-state index contributed by atoms with van der Waals surface area (Å²) in [5, 5.41) is 3.20. The Morgan fingerprint density at radius 1 is 1.00 bits per heavy atom. The first-order valence-corrected chi connectivity index (χ1v) is 6.91. The zero-order valence-corrected chi connectivity index (χ0v) is 12.0. The molecule has 0 spiro atoms. The van der Waals surface area contributed by atoms with E-state index in [1.54, 1.807) is 30.9 Å². The number of anilines is 1. The molecule has 0 saturated heterocycles. The summed E-state index contributed by atoms with van der Waals surface area (Å²) >= 11 is 0. The van der Waals surface area contributed by atoms with Crippen molar-refractivity contribution in [3.63, 3.8) is 0 Å². The van der Waals surface area contributed by atoms with Gasteiger partial charge in [-0.2, -0.15) is 0 Å². The standard InChI is InChI=1S/C17H15N5/c1-2-7-20-16-10-15(13-5-3-8-18-11-13)21-17(22-16)14-6-4-9-19-12-14/h2-6,8-12H,1,7H2,(H,20,21,22). The Labute approximate surface area is 128 Å². The van der Waals surface area contributed by atoms with Gasteiger partial charge in [-0.25, -0.2) is 9.97 Å². The van der Waals surface area contributed by atoms with E-state index >= 15 is 0 Å². The molecular formula is C17H15N5. The minimum absolute atomic E-state index is 0.626. The van der Waals surface area contributed by atoms with Gasteiger partial charge in [0.1, 0.15) is 5.82 Å². The third kappa shape index (κ3) is 3.15. The SMILES string of the molecule is C=CCNc1cc(-c2cccnc2)nc(-c2cccnc2)n1. The molecule has 0 atom stereocenters. The van der Waals surface area contributed by atoms with E-state index < -0.39 is 0 Å². The average Bonchev–Trinajstić information content (AvgIpc) is 2.61. The van der Waals surface area contributed by atoms with Crippen LogP contribution in [0.15, 0.2) is 67.8 Å². The van der Waals surface area contributed by atoms with E-state index in [-0.39, 0.29) is 0 Å². The second kappa shape index (κ2) is 6.58. The molecule has 0 unspecified atom stereocenters. The van der Waals surface area contributed by atoms with Gasteiger partial charge in [-0.3, -0.25) is 9.97 Å². The number of aromatic nitrogens is 4. The summed E-state index contributed by atoms with van der Waals surface area (Å²) in [4.78, 5) is 17.4. The molecule has 0 aromatic carbocycles. The van der Waals surface area contributed by atoms with E-state index in [9.17, 15) is 0 Å². The van der Waals surface area contributed by atoms with Crippen LogP contribution in [0, 0.1) is 0 Å². The van der Waals surface area contributed by atoms with Crippen LogP contribution in [0.2, 0.25) is 0 Å². The molecule has 1 N–H and O–H groups in total. The third-order valence-corrected chi connectivity index (χ3v) is 3.03. The summed E-state index contributed by atoms with van der Waals surface area (Å²) in [5.41, 5.74) is 2.63. The highest BCUT2D eigenvalue weighted by Gasteiger charge is 2.08. The highest BCUT2D eigenvalue weighted by molar-refractivity contribution is 5.66. The Morgan fingerprint density at radius 3 is 2.36 bits per heavy atom. The van der Waals surface area contributed by atoms with Gasteiger partial charge in [0.15, 0.2) is 5.82 Å². The third-order valence-electron chi connectivity index (χ3n) is 3.03. The van der Waals surface area contributed by atoms with Crippen LogP contribution in [0.4, 0.5) is 5.82 Å². The van der Waals surface area contributed by atoms with Gasteiger partial charge < -0.3 is 5.32 Å². The quantitative estimate of drug-likeness (QED) is 0.731. The molecule has 0 saturated carbocycles. The van der Waals surface area contributed by atoms with E-state index in [0.717, 1.165) is 22.6 Å². The summed E-state index contributed by atoms with van der Waals surface area (Å²) < 4.78 is 0. The largest absolute Gasteiger partial charge is 0.366 e. The molecule has 0 aliphatic heterocycles. The van der Waals surface area contributed by atoms with E-state index in [4.69, 9.17) is 0 Å². The van der Waals surface area contributed by atoms with Gasteiger partial charge in [0.25, 0.3) is 0 Å². The molecule has 3 aromatic rings. The molecule has 22 heavy (non-hydrogen) atoms. The van der Waals surface area contributed by atoms with Crippen molar-refractivity contribution in [2.45, 2.75) is 0 Å². The van der Waals surface area contributed by atoms with Crippen LogP contribution in [-0.2, 0) is 0 Å². The van der Waals surface area contributed by atoms with Crippen LogP contribution in [0.5, 0.6) is 0 Å². The Balaban J connectivity index is 2.08. The van der Waals surface area contributed by atoms with E-state index in [1.165, 1.54) is 0 Å². The van der Waals surface area contributed by atoms with Crippen molar-refractivity contribution < 1.29 is 0 Å². The van der Waals surface area contributed by atoms with Gasteiger partial charge in [-0.1, -0.05) is 6.08 Å². The fourth-order valence-corrected chi connectivity index (χ4v) is 2.00. The number of pyridine rings is 2. The molecule has 0 aliphatic carbocycles. The number of rotatable bonds is 5. The molecule has 0 radical (unpaired) electrons. The van der Waals surface area contributed by atoms with E-state index in [1.807, 2.05) is 30.3 Å². The van der Waals surface area contributed by atoms with Crippen molar-refractivity contribution in [1.29, 1.82) is 0 Å². The number of hydrogen-bond acceptors (Lipinski definition) is 5. The van der Waals surface area contributed by atoms with E-state index in [2.05, 4.69) is 31.8 Å². The van der Waals surface area contributed by atoms with Crippen LogP contribution in [0.25, 0.3) is 22.6 Å². The van der Waals surface area contributed by atoms with Gasteiger partial charge >= 0.3 is 0 Å². The van der Waals surface area contributed by atoms with Crippen LogP contribution >= 0.6 is 0 Å². The highest BCUT2D eigenvalue weighted by Crippen LogP contribution is 2.23. The molecule has 5 nitrogen and oxygen atoms in total. The summed E-state index contributed by atoms with van der Waals surface area (Å²) in [6.45, 7) is 4.35. The van der Waals surface area contributed by atoms with Crippen molar-refractivity contribution in [3.8, 4) is 22.6 Å². The first-order chi connectivity index (χ1) is 10.9. The monoisotopic (exact) mass is 289 g/mol. The predicted octanol–water partition coefficient (Wildman–Crippen LogP) is 3.20. The van der Waals surface area contributed by atoms with Gasteiger partial charge in [0.05, 0.1) is 5.69 Å². The van der Waals surface area contributed by atoms with Crippen LogP contribution in [-0.4, -0.2) is 26.5 Å². The Hall–Kier alpha value is -3.08. The summed E-state index contributed by atoms with van der Waals surface area (Å²) in [7, 11) is 0. The first kappa shape index (κ1) is 13.9. The van der Waals surface area contributed by atoms with Gasteiger partial charge in [-0.05, 0) is 24.3 Å². The second-order valence-electron chi connectivity index (χ2n) is 4.62. The first-order valence-electron chi connectivity index (χ1n) is 6.91. The maximum Gasteiger partial charge on any atom is 0.163 e. The average molecular weight is 289 g/mol. The minimum Gasteiger partial charge on any atom is -0.366 e. The van der Waals surface area contributed by atoms with Gasteiger partial charge in [-0.15, -0.1) is 6.58 Å². The summed E-state index contributed by atoms with van der Waals surface area (Å²) in [5.74, 6) is 1.37. The lowest BCUT2D eigenvalue weighted by Crippen LogP contribution is -2.03. The van der Waals surface area contributed by atoms with Crippen LogP contribution in [0.3, 0.4) is 0 Å². The lowest BCUT2D eigenvalue weighted by Gasteiger charge is -2.09. The molecule has 0 aliphatic rings. The molecule has 5 heteroatoms. The van der Waals surface area contributed by atoms with Crippen molar-refractivity contribution in [1.82, 2.24) is 19.9 Å². The Morgan fingerprint density at radius 2 is 1.73 bits per heavy atom. The Kier molecular flexibility index (Phi) is 4.15. The summed E-state index contributed by atoms with van der Waals surface area (Å²) in [6, 6.07) is 9.57. The normalized spacial score (nSPS) is 10.2. The van der Waals surface area contributed by atoms with Gasteiger partial charge in [0, 0.05) is 48.5 Å². The zero-order valence-electron chi connectivity index (χ0n) is 12.0. The highest BCUT2D eigenvalue weighted by atomic mass is 15.0. The predicted molar refractivity (Wildman–Crippen MR) is 87.2 cm³/mol. The minimum atomic E-state index is 0.626. The molecule has 0 fully saturated rings. The Bertz CT molecular complexity index is 699. The van der Waals surface area contributed by atoms with Crippen molar-refractivity contribution in [3.05, 3.63) is 67.8 Å².